The molecule has 0 aromatic heterocycles. The molecule has 0 N–H and O–H groups in total. The van der Waals surface area contributed by atoms with Crippen molar-refractivity contribution in [3.8, 4) is 18.2 Å². The molecule has 0 aliphatic heterocycles. The Kier molecular flexibility index (Phi) is 6.60. The van der Waals surface area contributed by atoms with Gasteiger partial charge in [-0.15, -0.1) is 0 Å². The van der Waals surface area contributed by atoms with Crippen LogP contribution in [0.15, 0.2) is 91.0 Å². The highest BCUT2D eigenvalue weighted by molar-refractivity contribution is 6.17. The maximum atomic E-state index is 13.3. The highest BCUT2D eigenvalue weighted by Crippen LogP contribution is 2.21. The van der Waals surface area contributed by atoms with E-state index in [4.69, 9.17) is 15.8 Å². The van der Waals surface area contributed by atoms with Gasteiger partial charge in [0.1, 0.15) is 0 Å². The second-order valence-corrected chi connectivity index (χ2v) is 7.85. The second kappa shape index (κ2) is 10.1. The molecule has 0 heterocycles. The van der Waals surface area contributed by atoms with E-state index in [1.165, 1.54) is 91.0 Å². The van der Waals surface area contributed by atoms with Crippen LogP contribution in [0.2, 0.25) is 0 Å². The smallest absolute Gasteiger partial charge is 0.193 e. The Morgan fingerprint density at radius 1 is 0.389 bits per heavy atom. The lowest BCUT2D eigenvalue weighted by Crippen LogP contribution is -2.10. The van der Waals surface area contributed by atoms with Crippen LogP contribution < -0.4 is 0 Å². The van der Waals surface area contributed by atoms with Gasteiger partial charge in [0.15, 0.2) is 17.3 Å². The lowest BCUT2D eigenvalue weighted by atomic mass is 9.92. The summed E-state index contributed by atoms with van der Waals surface area (Å²) in [4.78, 5) is 39.8. The van der Waals surface area contributed by atoms with Crippen molar-refractivity contribution in [2.75, 3.05) is 0 Å². The first-order chi connectivity index (χ1) is 17.4. The average molecular weight is 465 g/mol. The average Bonchev–Trinajstić information content (AvgIpc) is 2.95. The molecule has 36 heavy (non-hydrogen) atoms. The number of carbonyl (C=O) groups is 3. The van der Waals surface area contributed by atoms with E-state index in [2.05, 4.69) is 0 Å². The molecule has 0 bridgehead atoms. The van der Waals surface area contributed by atoms with E-state index >= 15 is 0 Å². The van der Waals surface area contributed by atoms with Crippen molar-refractivity contribution < 1.29 is 14.4 Å². The Bertz CT molecular complexity index is 1420. The summed E-state index contributed by atoms with van der Waals surface area (Å²) in [6, 6.07) is 28.4. The van der Waals surface area contributed by atoms with Gasteiger partial charge in [-0.3, -0.25) is 14.4 Å². The summed E-state index contributed by atoms with van der Waals surface area (Å²) < 4.78 is 0. The number of nitrogens with zero attached hydrogens (tertiary/aromatic N) is 3. The van der Waals surface area contributed by atoms with E-state index < -0.39 is 17.3 Å². The quantitative estimate of drug-likeness (QED) is 0.370. The number of rotatable bonds is 6. The van der Waals surface area contributed by atoms with Gasteiger partial charge in [0.05, 0.1) is 34.9 Å². The van der Waals surface area contributed by atoms with Gasteiger partial charge in [0, 0.05) is 33.4 Å². The lowest BCUT2D eigenvalue weighted by molar-refractivity contribution is 0.103. The fourth-order valence-electron chi connectivity index (χ4n) is 3.61. The number of hydrogen-bond donors (Lipinski definition) is 0. The SMILES string of the molecule is N#Cc1ccc(C(=O)c2cc(C(=O)c3ccc(C#N)cc3)cc(C(=O)c3ccc(C#N)cc3)c2)cc1. The number of nitriles is 3. The zero-order valence-corrected chi connectivity index (χ0v) is 18.7. The predicted octanol–water partition coefficient (Wildman–Crippen LogP) is 4.99. The van der Waals surface area contributed by atoms with E-state index in [0.717, 1.165) is 0 Å². The van der Waals surface area contributed by atoms with Crippen molar-refractivity contribution in [2.24, 2.45) is 0 Å². The predicted molar refractivity (Wildman–Crippen MR) is 130 cm³/mol. The van der Waals surface area contributed by atoms with E-state index in [1.54, 1.807) is 0 Å². The molecule has 0 radical (unpaired) electrons. The Labute approximate surface area is 206 Å². The molecule has 0 aliphatic carbocycles. The van der Waals surface area contributed by atoms with Crippen LogP contribution in [0, 0.1) is 34.0 Å². The molecule has 0 unspecified atom stereocenters. The molecule has 0 spiro atoms. The zero-order chi connectivity index (χ0) is 25.7. The molecule has 6 heteroatoms. The number of hydrogen-bond acceptors (Lipinski definition) is 6. The van der Waals surface area contributed by atoms with E-state index in [0.29, 0.717) is 33.4 Å². The first-order valence-corrected chi connectivity index (χ1v) is 10.7. The molecule has 0 saturated heterocycles. The van der Waals surface area contributed by atoms with E-state index in [-0.39, 0.29) is 16.7 Å². The molecule has 0 fully saturated rings. The molecule has 0 aliphatic rings. The summed E-state index contributed by atoms with van der Waals surface area (Å²) >= 11 is 0. The van der Waals surface area contributed by atoms with Crippen LogP contribution in [0.5, 0.6) is 0 Å². The second-order valence-electron chi connectivity index (χ2n) is 7.85. The number of benzene rings is 4. The minimum Gasteiger partial charge on any atom is -0.289 e. The van der Waals surface area contributed by atoms with E-state index in [1.807, 2.05) is 18.2 Å². The first-order valence-electron chi connectivity index (χ1n) is 10.7. The number of ketones is 3. The zero-order valence-electron chi connectivity index (χ0n) is 18.7. The van der Waals surface area contributed by atoms with Gasteiger partial charge >= 0.3 is 0 Å². The first kappa shape index (κ1) is 23.5. The Balaban J connectivity index is 1.80. The maximum Gasteiger partial charge on any atom is 0.193 e. The van der Waals surface area contributed by atoms with Crippen molar-refractivity contribution in [3.05, 3.63) is 141 Å². The monoisotopic (exact) mass is 465 g/mol. The summed E-state index contributed by atoms with van der Waals surface area (Å²) in [6.07, 6.45) is 0. The van der Waals surface area contributed by atoms with Gasteiger partial charge in [0.25, 0.3) is 0 Å². The standard InChI is InChI=1S/C30H15N3O3/c31-16-19-1-7-22(8-2-19)28(34)25-13-26(29(35)23-9-3-20(17-32)4-10-23)15-27(14-25)30(36)24-11-5-21(18-33)6-12-24/h1-15H. The van der Waals surface area contributed by atoms with Gasteiger partial charge in [0.2, 0.25) is 0 Å². The normalized spacial score (nSPS) is 9.92. The number of carbonyl (C=O) groups excluding carboxylic acids is 3. The van der Waals surface area contributed by atoms with Gasteiger partial charge in [-0.2, -0.15) is 15.8 Å². The summed E-state index contributed by atoms with van der Waals surface area (Å²) in [5.74, 6) is -1.24. The fourth-order valence-corrected chi connectivity index (χ4v) is 3.61. The van der Waals surface area contributed by atoms with Crippen molar-refractivity contribution >= 4 is 17.3 Å². The molecule has 0 atom stereocenters. The summed E-state index contributed by atoms with van der Waals surface area (Å²) in [6.45, 7) is 0. The van der Waals surface area contributed by atoms with Gasteiger partial charge in [-0.25, -0.2) is 0 Å². The minimum atomic E-state index is -0.414. The van der Waals surface area contributed by atoms with Gasteiger partial charge < -0.3 is 0 Å². The molecule has 168 valence electrons. The lowest BCUT2D eigenvalue weighted by Gasteiger charge is -2.10. The Hall–Kier alpha value is -5.64. The van der Waals surface area contributed by atoms with Gasteiger partial charge in [-0.05, 0) is 91.0 Å². The highest BCUT2D eigenvalue weighted by atomic mass is 16.1. The van der Waals surface area contributed by atoms with Crippen LogP contribution in [0.1, 0.15) is 64.5 Å². The Morgan fingerprint density at radius 2 is 0.611 bits per heavy atom. The molecular weight excluding hydrogens is 450 g/mol. The van der Waals surface area contributed by atoms with Crippen molar-refractivity contribution in [2.45, 2.75) is 0 Å². The van der Waals surface area contributed by atoms with Crippen molar-refractivity contribution in [1.82, 2.24) is 0 Å². The highest BCUT2D eigenvalue weighted by Gasteiger charge is 2.19. The van der Waals surface area contributed by atoms with Crippen LogP contribution in [0.3, 0.4) is 0 Å². The third-order valence-corrected chi connectivity index (χ3v) is 5.55. The molecule has 4 aromatic carbocycles. The minimum absolute atomic E-state index is 0.135. The van der Waals surface area contributed by atoms with Crippen LogP contribution in [0.4, 0.5) is 0 Å². The van der Waals surface area contributed by atoms with E-state index in [9.17, 15) is 14.4 Å². The summed E-state index contributed by atoms with van der Waals surface area (Å²) in [5, 5.41) is 27.0. The van der Waals surface area contributed by atoms with Gasteiger partial charge in [-0.1, -0.05) is 0 Å². The van der Waals surface area contributed by atoms with Crippen LogP contribution >= 0.6 is 0 Å². The summed E-state index contributed by atoms with van der Waals surface area (Å²) in [7, 11) is 0. The molecule has 0 amide bonds. The fraction of sp³-hybridized carbons (Fsp3) is 0. The maximum absolute atomic E-state index is 13.3. The Morgan fingerprint density at radius 3 is 0.806 bits per heavy atom. The van der Waals surface area contributed by atoms with Crippen LogP contribution in [-0.2, 0) is 0 Å². The third kappa shape index (κ3) is 4.82. The molecular formula is C30H15N3O3. The van der Waals surface area contributed by atoms with Crippen LogP contribution in [-0.4, -0.2) is 17.3 Å². The molecule has 6 nitrogen and oxygen atoms in total. The largest absolute Gasteiger partial charge is 0.289 e. The van der Waals surface area contributed by atoms with Crippen LogP contribution in [0.25, 0.3) is 0 Å². The molecule has 4 aromatic rings. The van der Waals surface area contributed by atoms with Crippen molar-refractivity contribution in [1.29, 1.82) is 15.8 Å². The topological polar surface area (TPSA) is 123 Å². The third-order valence-electron chi connectivity index (χ3n) is 5.55. The molecule has 4 rings (SSSR count). The molecule has 0 saturated carbocycles. The van der Waals surface area contributed by atoms with Crippen molar-refractivity contribution in [3.63, 3.8) is 0 Å². The summed E-state index contributed by atoms with van der Waals surface area (Å²) in [5.41, 5.74) is 2.49.